The Kier molecular flexibility index (Phi) is 4.85. The molecular weight excluding hydrogens is 304 g/mol. The number of anilines is 1. The number of hydrogen-bond acceptors (Lipinski definition) is 5. The van der Waals surface area contributed by atoms with Gasteiger partial charge in [0.2, 0.25) is 0 Å². The molecule has 0 bridgehead atoms. The predicted molar refractivity (Wildman–Crippen MR) is 83.9 cm³/mol. The first-order chi connectivity index (χ1) is 10.3. The molecular formula is C15H13ClN4O2. The highest BCUT2D eigenvalue weighted by atomic mass is 35.5. The Hall–Kier alpha value is -2.73. The molecule has 0 atom stereocenters. The van der Waals surface area contributed by atoms with Gasteiger partial charge in [-0.25, -0.2) is 4.98 Å². The average Bonchev–Trinajstić information content (AvgIpc) is 2.91. The molecule has 0 radical (unpaired) electrons. The van der Waals surface area contributed by atoms with Crippen molar-refractivity contribution in [3.05, 3.63) is 60.2 Å². The molecule has 7 heteroatoms. The van der Waals surface area contributed by atoms with Crippen LogP contribution in [-0.2, 0) is 0 Å². The molecule has 22 heavy (non-hydrogen) atoms. The molecule has 1 amide bonds. The summed E-state index contributed by atoms with van der Waals surface area (Å²) >= 11 is 0. The van der Waals surface area contributed by atoms with Crippen LogP contribution in [0.3, 0.4) is 0 Å². The normalized spacial score (nSPS) is 9.86. The van der Waals surface area contributed by atoms with Crippen molar-refractivity contribution in [2.45, 2.75) is 6.92 Å². The van der Waals surface area contributed by atoms with E-state index in [-0.39, 0.29) is 18.3 Å². The van der Waals surface area contributed by atoms with Crippen molar-refractivity contribution >= 4 is 24.1 Å². The van der Waals surface area contributed by atoms with Gasteiger partial charge in [-0.3, -0.25) is 9.78 Å². The maximum absolute atomic E-state index is 12.4. The van der Waals surface area contributed by atoms with Crippen molar-refractivity contribution in [3.63, 3.8) is 0 Å². The molecule has 0 aliphatic rings. The minimum absolute atomic E-state index is 0. The van der Waals surface area contributed by atoms with Crippen molar-refractivity contribution in [1.29, 1.82) is 0 Å². The van der Waals surface area contributed by atoms with Gasteiger partial charge in [-0.1, -0.05) is 35.5 Å². The number of carbonyl (C=O) groups excluding carboxylic acids is 1. The molecule has 0 aliphatic heterocycles. The van der Waals surface area contributed by atoms with Crippen LogP contribution in [-0.4, -0.2) is 21.0 Å². The minimum atomic E-state index is -0.326. The van der Waals surface area contributed by atoms with E-state index in [9.17, 15) is 4.79 Å². The van der Waals surface area contributed by atoms with Crippen LogP contribution < -0.4 is 5.32 Å². The summed E-state index contributed by atoms with van der Waals surface area (Å²) in [5.41, 5.74) is 1.72. The molecule has 1 aromatic carbocycles. The Balaban J connectivity index is 0.00000176. The molecule has 0 aliphatic carbocycles. The zero-order valence-electron chi connectivity index (χ0n) is 11.7. The van der Waals surface area contributed by atoms with Crippen LogP contribution in [0.1, 0.15) is 16.1 Å². The van der Waals surface area contributed by atoms with Gasteiger partial charge in [-0.2, -0.15) is 0 Å². The SMILES string of the molecule is Cc1onc(-c2ccccc2)c1C(=O)Nc1cnccn1.Cl. The second-order valence-electron chi connectivity index (χ2n) is 4.37. The molecule has 3 aromatic rings. The summed E-state index contributed by atoms with van der Waals surface area (Å²) in [6.45, 7) is 1.70. The summed E-state index contributed by atoms with van der Waals surface area (Å²) in [7, 11) is 0. The van der Waals surface area contributed by atoms with E-state index in [1.54, 1.807) is 6.92 Å². The number of benzene rings is 1. The van der Waals surface area contributed by atoms with Gasteiger partial charge in [0.1, 0.15) is 17.0 Å². The van der Waals surface area contributed by atoms with E-state index >= 15 is 0 Å². The number of amides is 1. The van der Waals surface area contributed by atoms with Gasteiger partial charge in [-0.05, 0) is 6.92 Å². The molecule has 112 valence electrons. The molecule has 0 saturated carbocycles. The zero-order chi connectivity index (χ0) is 14.7. The second kappa shape index (κ2) is 6.82. The number of rotatable bonds is 3. The number of nitrogens with zero attached hydrogens (tertiary/aromatic N) is 3. The third-order valence-corrected chi connectivity index (χ3v) is 2.94. The predicted octanol–water partition coefficient (Wildman–Crippen LogP) is 3.11. The van der Waals surface area contributed by atoms with E-state index in [1.165, 1.54) is 18.6 Å². The quantitative estimate of drug-likeness (QED) is 0.803. The van der Waals surface area contributed by atoms with Crippen LogP contribution in [0.4, 0.5) is 5.82 Å². The van der Waals surface area contributed by atoms with Gasteiger partial charge >= 0.3 is 0 Å². The Labute approximate surface area is 133 Å². The first-order valence-corrected chi connectivity index (χ1v) is 6.35. The number of aromatic nitrogens is 3. The summed E-state index contributed by atoms with van der Waals surface area (Å²) in [6.07, 6.45) is 4.52. The fourth-order valence-electron chi connectivity index (χ4n) is 1.98. The van der Waals surface area contributed by atoms with Gasteiger partial charge in [0.15, 0.2) is 5.82 Å². The lowest BCUT2D eigenvalue weighted by Gasteiger charge is -2.04. The third kappa shape index (κ3) is 3.12. The van der Waals surface area contributed by atoms with E-state index in [2.05, 4.69) is 20.4 Å². The topological polar surface area (TPSA) is 80.9 Å². The highest BCUT2D eigenvalue weighted by Gasteiger charge is 2.21. The zero-order valence-corrected chi connectivity index (χ0v) is 12.5. The van der Waals surface area contributed by atoms with E-state index in [0.717, 1.165) is 5.56 Å². The average molecular weight is 317 g/mol. The van der Waals surface area contributed by atoms with E-state index in [0.29, 0.717) is 22.8 Å². The van der Waals surface area contributed by atoms with E-state index < -0.39 is 0 Å². The molecule has 6 nitrogen and oxygen atoms in total. The molecule has 1 N–H and O–H groups in total. The first-order valence-electron chi connectivity index (χ1n) is 6.35. The van der Waals surface area contributed by atoms with Crippen LogP contribution in [0.5, 0.6) is 0 Å². The molecule has 2 aromatic heterocycles. The fraction of sp³-hybridized carbons (Fsp3) is 0.0667. The van der Waals surface area contributed by atoms with Gasteiger partial charge in [-0.15, -0.1) is 12.4 Å². The van der Waals surface area contributed by atoms with E-state index in [1.807, 2.05) is 30.3 Å². The maximum atomic E-state index is 12.4. The summed E-state index contributed by atoms with van der Waals surface area (Å²) in [5, 5.41) is 6.66. The third-order valence-electron chi connectivity index (χ3n) is 2.94. The fourth-order valence-corrected chi connectivity index (χ4v) is 1.98. The highest BCUT2D eigenvalue weighted by Crippen LogP contribution is 2.25. The van der Waals surface area contributed by atoms with Crippen LogP contribution in [0, 0.1) is 6.92 Å². The number of nitrogens with one attached hydrogen (secondary N) is 1. The first kappa shape index (κ1) is 15.7. The van der Waals surface area contributed by atoms with Crippen LogP contribution in [0.15, 0.2) is 53.4 Å². The van der Waals surface area contributed by atoms with Crippen molar-refractivity contribution < 1.29 is 9.32 Å². The lowest BCUT2D eigenvalue weighted by Crippen LogP contribution is -2.14. The lowest BCUT2D eigenvalue weighted by molar-refractivity contribution is 0.102. The van der Waals surface area contributed by atoms with Gasteiger partial charge in [0.25, 0.3) is 5.91 Å². The molecule has 2 heterocycles. The Morgan fingerprint density at radius 1 is 1.18 bits per heavy atom. The van der Waals surface area contributed by atoms with Crippen LogP contribution in [0.2, 0.25) is 0 Å². The van der Waals surface area contributed by atoms with Gasteiger partial charge in [0, 0.05) is 18.0 Å². The van der Waals surface area contributed by atoms with Crippen LogP contribution >= 0.6 is 12.4 Å². The Morgan fingerprint density at radius 2 is 1.95 bits per heavy atom. The monoisotopic (exact) mass is 316 g/mol. The number of aryl methyl sites for hydroxylation is 1. The van der Waals surface area contributed by atoms with Crippen LogP contribution in [0.25, 0.3) is 11.3 Å². The van der Waals surface area contributed by atoms with Gasteiger partial charge in [0.05, 0.1) is 6.20 Å². The largest absolute Gasteiger partial charge is 0.360 e. The summed E-state index contributed by atoms with van der Waals surface area (Å²) in [5.74, 6) is 0.505. The number of hydrogen-bond donors (Lipinski definition) is 1. The summed E-state index contributed by atoms with van der Waals surface area (Å²) in [4.78, 5) is 20.3. The van der Waals surface area contributed by atoms with Crippen molar-refractivity contribution in [2.24, 2.45) is 0 Å². The molecule has 0 unspecified atom stereocenters. The highest BCUT2D eigenvalue weighted by molar-refractivity contribution is 6.08. The number of carbonyl (C=O) groups is 1. The Bertz CT molecular complexity index is 760. The van der Waals surface area contributed by atoms with Crippen molar-refractivity contribution in [2.75, 3.05) is 5.32 Å². The van der Waals surface area contributed by atoms with Crippen molar-refractivity contribution in [3.8, 4) is 11.3 Å². The standard InChI is InChI=1S/C15H12N4O2.ClH/c1-10-13(15(20)18-12-9-16-7-8-17-12)14(19-21-10)11-5-3-2-4-6-11;/h2-9H,1H3,(H,17,18,20);1H. The molecule has 3 rings (SSSR count). The second-order valence-corrected chi connectivity index (χ2v) is 4.37. The van der Waals surface area contributed by atoms with Crippen molar-refractivity contribution in [1.82, 2.24) is 15.1 Å². The summed E-state index contributed by atoms with van der Waals surface area (Å²) in [6, 6.07) is 9.40. The van der Waals surface area contributed by atoms with E-state index in [4.69, 9.17) is 4.52 Å². The molecule has 0 spiro atoms. The van der Waals surface area contributed by atoms with Gasteiger partial charge < -0.3 is 9.84 Å². The maximum Gasteiger partial charge on any atom is 0.262 e. The molecule has 0 fully saturated rings. The minimum Gasteiger partial charge on any atom is -0.360 e. The Morgan fingerprint density at radius 3 is 2.64 bits per heavy atom. The molecule has 0 saturated heterocycles. The smallest absolute Gasteiger partial charge is 0.262 e. The lowest BCUT2D eigenvalue weighted by atomic mass is 10.1. The number of halogens is 1. The summed E-state index contributed by atoms with van der Waals surface area (Å²) < 4.78 is 5.16.